The average Bonchev–Trinajstić information content (AvgIpc) is 3.60. The Morgan fingerprint density at radius 3 is 2.41 bits per heavy atom. The van der Waals surface area contributed by atoms with Gasteiger partial charge in [-0.3, -0.25) is 4.79 Å². The van der Waals surface area contributed by atoms with Crippen LogP contribution in [0.4, 0.5) is 4.39 Å². The van der Waals surface area contributed by atoms with E-state index in [2.05, 4.69) is 6.92 Å². The van der Waals surface area contributed by atoms with E-state index < -0.39 is 6.10 Å². The fourth-order valence-corrected chi connectivity index (χ4v) is 6.47. The van der Waals surface area contributed by atoms with Crippen molar-refractivity contribution < 1.29 is 42.3 Å². The molecule has 0 saturated carbocycles. The number of fused-ring (bicyclic) bond motifs is 2. The van der Waals surface area contributed by atoms with Gasteiger partial charge in [-0.1, -0.05) is 19.1 Å². The van der Waals surface area contributed by atoms with Crippen LogP contribution < -0.4 is 14.2 Å². The van der Waals surface area contributed by atoms with Gasteiger partial charge in [0.2, 0.25) is 0 Å². The summed E-state index contributed by atoms with van der Waals surface area (Å²) in [5, 5.41) is 0. The summed E-state index contributed by atoms with van der Waals surface area (Å²) >= 11 is 0. The highest BCUT2D eigenvalue weighted by Gasteiger charge is 2.35. The van der Waals surface area contributed by atoms with Gasteiger partial charge in [0.05, 0.1) is 53.2 Å². The Labute approximate surface area is 257 Å². The minimum absolute atomic E-state index is 0.00399. The van der Waals surface area contributed by atoms with Crippen LogP contribution >= 0.6 is 0 Å². The van der Waals surface area contributed by atoms with Crippen LogP contribution in [0.15, 0.2) is 42.5 Å². The lowest BCUT2D eigenvalue weighted by Crippen LogP contribution is -2.44. The third kappa shape index (κ3) is 6.01. The molecule has 0 amide bonds. The first-order chi connectivity index (χ1) is 21.3. The van der Waals surface area contributed by atoms with Gasteiger partial charge in [-0.2, -0.15) is 0 Å². The molecule has 3 aromatic rings. The first kappa shape index (κ1) is 30.4. The van der Waals surface area contributed by atoms with Crippen molar-refractivity contribution in [2.24, 2.45) is 5.41 Å². The van der Waals surface area contributed by atoms with Crippen LogP contribution in [-0.4, -0.2) is 53.7 Å². The first-order valence-electron chi connectivity index (χ1n) is 15.0. The van der Waals surface area contributed by atoms with Crippen molar-refractivity contribution in [2.75, 3.05) is 47.8 Å². The van der Waals surface area contributed by atoms with Crippen LogP contribution in [-0.2, 0) is 43.4 Å². The molecule has 9 heteroatoms. The molecule has 0 aromatic heterocycles. The number of ether oxygens (including phenoxy) is 7. The molecule has 3 aromatic carbocycles. The number of rotatable bonds is 12. The maximum absolute atomic E-state index is 15.5. The first-order valence-corrected chi connectivity index (χ1v) is 15.0. The minimum Gasteiger partial charge on any atom is -0.493 e. The number of hydrogen-bond acceptors (Lipinski definition) is 8. The van der Waals surface area contributed by atoms with Gasteiger partial charge in [-0.25, -0.2) is 4.39 Å². The zero-order valence-electron chi connectivity index (χ0n) is 25.7. The van der Waals surface area contributed by atoms with Crippen molar-refractivity contribution in [3.05, 3.63) is 76.1 Å². The summed E-state index contributed by atoms with van der Waals surface area (Å²) in [6, 6.07) is 13.0. The molecule has 2 heterocycles. The van der Waals surface area contributed by atoms with Crippen LogP contribution in [0, 0.1) is 11.2 Å². The SMILES string of the molecule is COCc1cc(OCC2(C)COC2)cc(COC)c1-c1ccc(F)c2c1CC[C@H]2Oc1ccc2c(c1)OCC2CC(=O)OC. The molecule has 1 unspecified atom stereocenters. The summed E-state index contributed by atoms with van der Waals surface area (Å²) in [7, 11) is 4.71. The van der Waals surface area contributed by atoms with E-state index in [4.69, 9.17) is 33.2 Å². The fraction of sp³-hybridized carbons (Fsp3) is 0.457. The predicted octanol–water partition coefficient (Wildman–Crippen LogP) is 6.31. The molecule has 0 spiro atoms. The zero-order chi connectivity index (χ0) is 30.8. The molecule has 44 heavy (non-hydrogen) atoms. The lowest BCUT2D eigenvalue weighted by atomic mass is 9.89. The molecule has 1 aliphatic carbocycles. The van der Waals surface area contributed by atoms with Gasteiger partial charge in [0.15, 0.2) is 0 Å². The topological polar surface area (TPSA) is 81.7 Å². The number of hydrogen-bond donors (Lipinski definition) is 0. The van der Waals surface area contributed by atoms with E-state index in [-0.39, 0.29) is 29.5 Å². The second kappa shape index (κ2) is 12.8. The lowest BCUT2D eigenvalue weighted by Gasteiger charge is -2.37. The average molecular weight is 607 g/mol. The Morgan fingerprint density at radius 1 is 1.00 bits per heavy atom. The van der Waals surface area contributed by atoms with Crippen molar-refractivity contribution in [3.63, 3.8) is 0 Å². The van der Waals surface area contributed by atoms with Crippen molar-refractivity contribution in [1.29, 1.82) is 0 Å². The van der Waals surface area contributed by atoms with E-state index in [1.807, 2.05) is 36.4 Å². The predicted molar refractivity (Wildman–Crippen MR) is 161 cm³/mol. The number of methoxy groups -OCH3 is 3. The van der Waals surface area contributed by atoms with Gasteiger partial charge in [0.1, 0.15) is 29.2 Å². The number of esters is 1. The quantitative estimate of drug-likeness (QED) is 0.222. The van der Waals surface area contributed by atoms with Crippen molar-refractivity contribution in [1.82, 2.24) is 0 Å². The molecule has 0 N–H and O–H groups in total. The molecule has 2 atom stereocenters. The molecule has 1 fully saturated rings. The third-order valence-electron chi connectivity index (χ3n) is 8.70. The maximum atomic E-state index is 15.5. The van der Waals surface area contributed by atoms with Gasteiger partial charge in [-0.15, -0.1) is 0 Å². The molecule has 8 nitrogen and oxygen atoms in total. The summed E-state index contributed by atoms with van der Waals surface area (Å²) < 4.78 is 55.5. The second-order valence-corrected chi connectivity index (χ2v) is 12.2. The van der Waals surface area contributed by atoms with E-state index >= 15 is 4.39 Å². The summed E-state index contributed by atoms with van der Waals surface area (Å²) in [5.41, 5.74) is 6.25. The largest absolute Gasteiger partial charge is 0.493 e. The van der Waals surface area contributed by atoms with Crippen LogP contribution in [0.5, 0.6) is 17.2 Å². The van der Waals surface area contributed by atoms with E-state index in [9.17, 15) is 4.79 Å². The third-order valence-corrected chi connectivity index (χ3v) is 8.70. The number of benzene rings is 3. The molecular weight excluding hydrogens is 567 g/mol. The van der Waals surface area contributed by atoms with Crippen molar-refractivity contribution >= 4 is 5.97 Å². The summed E-state index contributed by atoms with van der Waals surface area (Å²) in [6.07, 6.45) is 1.09. The van der Waals surface area contributed by atoms with Gasteiger partial charge in [0.25, 0.3) is 0 Å². The molecule has 234 valence electrons. The molecule has 0 bridgehead atoms. The van der Waals surface area contributed by atoms with Crippen LogP contribution in [0.3, 0.4) is 0 Å². The van der Waals surface area contributed by atoms with E-state index in [0.717, 1.165) is 39.1 Å². The Bertz CT molecular complexity index is 1500. The van der Waals surface area contributed by atoms with Gasteiger partial charge >= 0.3 is 5.97 Å². The Morgan fingerprint density at radius 2 is 1.75 bits per heavy atom. The molecule has 0 radical (unpaired) electrons. The lowest BCUT2D eigenvalue weighted by molar-refractivity contribution is -0.141. The van der Waals surface area contributed by atoms with Crippen LogP contribution in [0.2, 0.25) is 0 Å². The normalized spacial score (nSPS) is 19.5. The standard InChI is InChI=1S/C35H39FO8/c1-35(18-41-19-35)20-43-25-11-22(15-38-2)33(23(12-25)16-39-3)27-7-9-29(36)34-28(27)8-10-30(34)44-24-5-6-26-21(13-32(37)40-4)17-42-31(26)14-24/h5-7,9,11-12,14,21,30H,8,10,13,15-20H2,1-4H3/t21?,30-/m1/s1. The monoisotopic (exact) mass is 606 g/mol. The zero-order valence-corrected chi connectivity index (χ0v) is 25.7. The van der Waals surface area contributed by atoms with Gasteiger partial charge in [0, 0.05) is 42.7 Å². The highest BCUT2D eigenvalue weighted by atomic mass is 19.1. The van der Waals surface area contributed by atoms with Gasteiger partial charge < -0.3 is 33.2 Å². The smallest absolute Gasteiger partial charge is 0.306 e. The Balaban J connectivity index is 1.30. The molecule has 2 aliphatic heterocycles. The van der Waals surface area contributed by atoms with Gasteiger partial charge in [-0.05, 0) is 64.9 Å². The minimum atomic E-state index is -0.458. The molecule has 3 aliphatic rings. The Hall–Kier alpha value is -3.66. The van der Waals surface area contributed by atoms with E-state index in [0.29, 0.717) is 69.5 Å². The fourth-order valence-electron chi connectivity index (χ4n) is 6.47. The number of carbonyl (C=O) groups is 1. The highest BCUT2D eigenvalue weighted by molar-refractivity contribution is 5.77. The van der Waals surface area contributed by atoms with Crippen LogP contribution in [0.25, 0.3) is 11.1 Å². The summed E-state index contributed by atoms with van der Waals surface area (Å²) in [6.45, 7) is 5.19. The van der Waals surface area contributed by atoms with Crippen molar-refractivity contribution in [3.8, 4) is 28.4 Å². The summed E-state index contributed by atoms with van der Waals surface area (Å²) in [5.74, 6) is 1.39. The number of halogens is 1. The maximum Gasteiger partial charge on any atom is 0.306 e. The molecule has 6 rings (SSSR count). The Kier molecular flexibility index (Phi) is 8.80. The van der Waals surface area contributed by atoms with Crippen LogP contribution in [0.1, 0.15) is 59.6 Å². The second-order valence-electron chi connectivity index (χ2n) is 12.2. The molecular formula is C35H39FO8. The summed E-state index contributed by atoms with van der Waals surface area (Å²) in [4.78, 5) is 11.8. The number of carbonyl (C=O) groups excluding carboxylic acids is 1. The highest BCUT2D eigenvalue weighted by Crippen LogP contribution is 2.46. The molecule has 1 saturated heterocycles. The van der Waals surface area contributed by atoms with Crippen molar-refractivity contribution in [2.45, 2.75) is 51.4 Å². The van der Waals surface area contributed by atoms with E-state index in [1.54, 1.807) is 14.2 Å². The van der Waals surface area contributed by atoms with E-state index in [1.165, 1.54) is 13.2 Å².